The molecular formula is C30H29F3NP. The lowest BCUT2D eigenvalue weighted by atomic mass is 9.98. The highest BCUT2D eigenvalue weighted by Crippen LogP contribution is 2.53. The number of alkyl halides is 3. The van der Waals surface area contributed by atoms with Gasteiger partial charge in [0.15, 0.2) is 0 Å². The van der Waals surface area contributed by atoms with Crippen molar-refractivity contribution in [2.75, 3.05) is 7.05 Å². The summed E-state index contributed by atoms with van der Waals surface area (Å²) >= 11 is 0. The maximum Gasteiger partial charge on any atom is 0.416 e. The third kappa shape index (κ3) is 5.83. The maximum absolute atomic E-state index is 13.6. The van der Waals surface area contributed by atoms with Gasteiger partial charge in [0.1, 0.15) is 0 Å². The number of benzene rings is 4. The van der Waals surface area contributed by atoms with E-state index < -0.39 is 19.7 Å². The van der Waals surface area contributed by atoms with Crippen LogP contribution in [0.4, 0.5) is 13.2 Å². The fourth-order valence-corrected chi connectivity index (χ4v) is 7.65. The first-order valence-corrected chi connectivity index (χ1v) is 13.0. The fraction of sp³-hybridized carbons (Fsp3) is 0.200. The molecule has 0 spiro atoms. The second kappa shape index (κ2) is 10.8. The first-order chi connectivity index (χ1) is 16.8. The van der Waals surface area contributed by atoms with Crippen molar-refractivity contribution in [2.45, 2.75) is 32.4 Å². The van der Waals surface area contributed by atoms with Crippen LogP contribution in [0, 0.1) is 13.8 Å². The van der Waals surface area contributed by atoms with Crippen LogP contribution in [0.1, 0.15) is 33.6 Å². The minimum absolute atomic E-state index is 0.114. The molecule has 0 aliphatic heterocycles. The third-order valence-corrected chi connectivity index (χ3v) is 9.04. The summed E-state index contributed by atoms with van der Waals surface area (Å²) in [5.41, 5.74) is 2.88. The topological polar surface area (TPSA) is 3.24 Å². The van der Waals surface area contributed by atoms with E-state index in [1.54, 1.807) is 0 Å². The fourth-order valence-electron chi connectivity index (χ4n) is 4.66. The molecule has 180 valence electrons. The Hall–Kier alpha value is -2.94. The van der Waals surface area contributed by atoms with Gasteiger partial charge in [0, 0.05) is 6.54 Å². The molecule has 1 atom stereocenters. The van der Waals surface area contributed by atoms with E-state index in [0.29, 0.717) is 17.7 Å². The second-order valence-electron chi connectivity index (χ2n) is 8.84. The highest BCUT2D eigenvalue weighted by molar-refractivity contribution is 7.73. The average molecular weight is 492 g/mol. The smallest absolute Gasteiger partial charge is 0.291 e. The summed E-state index contributed by atoms with van der Waals surface area (Å²) in [6.45, 7) is 4.30. The van der Waals surface area contributed by atoms with E-state index in [4.69, 9.17) is 0 Å². The third-order valence-electron chi connectivity index (χ3n) is 6.18. The zero-order chi connectivity index (χ0) is 25.0. The SMILES string of the molecule is Cc1cc(C(F)(F)F)cc(C)c1C(N(C)Cc1ccccc1)P(c1ccccc1)c1ccccc1. The number of hydrogen-bond donors (Lipinski definition) is 0. The molecule has 0 bridgehead atoms. The number of rotatable bonds is 7. The molecule has 0 fully saturated rings. The molecule has 0 heterocycles. The molecule has 4 aromatic carbocycles. The quantitative estimate of drug-likeness (QED) is 0.241. The van der Waals surface area contributed by atoms with Gasteiger partial charge in [0.05, 0.1) is 11.3 Å². The van der Waals surface area contributed by atoms with Crippen molar-refractivity contribution < 1.29 is 13.2 Å². The first kappa shape index (κ1) is 25.2. The summed E-state index contributed by atoms with van der Waals surface area (Å²) in [6.07, 6.45) is -4.37. The molecule has 5 heteroatoms. The highest BCUT2D eigenvalue weighted by Gasteiger charge is 2.35. The van der Waals surface area contributed by atoms with Crippen LogP contribution in [0.15, 0.2) is 103 Å². The zero-order valence-electron chi connectivity index (χ0n) is 20.1. The molecule has 0 N–H and O–H groups in total. The van der Waals surface area contributed by atoms with Crippen LogP contribution < -0.4 is 10.6 Å². The van der Waals surface area contributed by atoms with Gasteiger partial charge in [-0.1, -0.05) is 91.0 Å². The first-order valence-electron chi connectivity index (χ1n) is 11.6. The largest absolute Gasteiger partial charge is 0.416 e. The van der Waals surface area contributed by atoms with Crippen LogP contribution in [0.3, 0.4) is 0 Å². The van der Waals surface area contributed by atoms with Crippen molar-refractivity contribution in [2.24, 2.45) is 0 Å². The van der Waals surface area contributed by atoms with Crippen LogP contribution in [0.5, 0.6) is 0 Å². The van der Waals surface area contributed by atoms with E-state index in [0.717, 1.165) is 5.56 Å². The van der Waals surface area contributed by atoms with Crippen LogP contribution in [0.2, 0.25) is 0 Å². The van der Waals surface area contributed by atoms with E-state index in [9.17, 15) is 13.2 Å². The van der Waals surface area contributed by atoms with Crippen LogP contribution >= 0.6 is 7.92 Å². The molecule has 0 saturated heterocycles. The van der Waals surface area contributed by atoms with E-state index in [2.05, 4.69) is 48.3 Å². The lowest BCUT2D eigenvalue weighted by Gasteiger charge is -2.38. The molecule has 1 unspecified atom stereocenters. The molecule has 0 aliphatic carbocycles. The average Bonchev–Trinajstić information content (AvgIpc) is 2.84. The standard InChI is InChI=1S/C30H29F3NP/c1-22-19-25(30(31,32)33)20-23(2)28(22)29(34(3)21-24-13-7-4-8-14-24)35(26-15-9-5-10-16-26)27-17-11-6-12-18-27/h4-20,29H,21H2,1-3H3. The lowest BCUT2D eigenvalue weighted by molar-refractivity contribution is -0.137. The van der Waals surface area contributed by atoms with Crippen molar-refractivity contribution in [3.8, 4) is 0 Å². The Balaban J connectivity index is 1.92. The van der Waals surface area contributed by atoms with Crippen molar-refractivity contribution in [1.82, 2.24) is 4.90 Å². The lowest BCUT2D eigenvalue weighted by Crippen LogP contribution is -2.30. The molecule has 0 aliphatic rings. The molecule has 0 saturated carbocycles. The summed E-state index contributed by atoms with van der Waals surface area (Å²) in [6, 6.07) is 33.5. The van der Waals surface area contributed by atoms with Crippen LogP contribution in [0.25, 0.3) is 0 Å². The van der Waals surface area contributed by atoms with Gasteiger partial charge in [-0.25, -0.2) is 0 Å². The number of hydrogen-bond acceptors (Lipinski definition) is 1. The van der Waals surface area contributed by atoms with E-state index in [-0.39, 0.29) is 5.78 Å². The molecular weight excluding hydrogens is 462 g/mol. The zero-order valence-corrected chi connectivity index (χ0v) is 21.0. The van der Waals surface area contributed by atoms with Gasteiger partial charge in [-0.15, -0.1) is 0 Å². The summed E-state index contributed by atoms with van der Waals surface area (Å²) in [4.78, 5) is 2.30. The van der Waals surface area contributed by atoms with Crippen molar-refractivity contribution in [3.63, 3.8) is 0 Å². The predicted molar refractivity (Wildman–Crippen MR) is 141 cm³/mol. The van der Waals surface area contributed by atoms with Crippen molar-refractivity contribution in [1.29, 1.82) is 0 Å². The summed E-state index contributed by atoms with van der Waals surface area (Å²) in [5, 5.41) is 2.38. The minimum Gasteiger partial charge on any atom is -0.291 e. The highest BCUT2D eigenvalue weighted by atomic mass is 31.1. The normalized spacial score (nSPS) is 12.8. The monoisotopic (exact) mass is 491 g/mol. The van der Waals surface area contributed by atoms with Gasteiger partial charge in [0.2, 0.25) is 0 Å². The number of aryl methyl sites for hydroxylation is 2. The van der Waals surface area contributed by atoms with Gasteiger partial charge >= 0.3 is 6.18 Å². The minimum atomic E-state index is -4.37. The van der Waals surface area contributed by atoms with Gasteiger partial charge in [-0.2, -0.15) is 13.2 Å². The molecule has 4 aromatic rings. The molecule has 1 nitrogen and oxygen atoms in total. The van der Waals surface area contributed by atoms with E-state index in [1.807, 2.05) is 68.4 Å². The van der Waals surface area contributed by atoms with Gasteiger partial charge < -0.3 is 0 Å². The Morgan fingerprint density at radius 3 is 1.57 bits per heavy atom. The summed E-state index contributed by atoms with van der Waals surface area (Å²) in [7, 11) is 1.13. The van der Waals surface area contributed by atoms with Gasteiger partial charge in [0.25, 0.3) is 0 Å². The van der Waals surface area contributed by atoms with E-state index in [1.165, 1.54) is 28.3 Å². The Morgan fingerprint density at radius 2 is 1.14 bits per heavy atom. The Bertz CT molecular complexity index is 1180. The van der Waals surface area contributed by atoms with Gasteiger partial charge in [-0.3, -0.25) is 4.90 Å². The Labute approximate surface area is 207 Å². The molecule has 0 aromatic heterocycles. The number of halogens is 3. The Morgan fingerprint density at radius 1 is 0.714 bits per heavy atom. The van der Waals surface area contributed by atoms with Crippen molar-refractivity contribution >= 4 is 18.5 Å². The van der Waals surface area contributed by atoms with Gasteiger partial charge in [-0.05, 0) is 73.8 Å². The predicted octanol–water partition coefficient (Wildman–Crippen LogP) is 7.59. The molecule has 35 heavy (non-hydrogen) atoms. The molecule has 4 rings (SSSR count). The molecule has 0 radical (unpaired) electrons. The van der Waals surface area contributed by atoms with Crippen LogP contribution in [-0.2, 0) is 12.7 Å². The van der Waals surface area contributed by atoms with E-state index >= 15 is 0 Å². The molecule has 0 amide bonds. The second-order valence-corrected chi connectivity index (χ2v) is 11.1. The number of nitrogens with zero attached hydrogens (tertiary/aromatic N) is 1. The van der Waals surface area contributed by atoms with Crippen LogP contribution in [-0.4, -0.2) is 11.9 Å². The maximum atomic E-state index is 13.6. The summed E-state index contributed by atoms with van der Waals surface area (Å²) < 4.78 is 40.8. The Kier molecular flexibility index (Phi) is 7.74. The summed E-state index contributed by atoms with van der Waals surface area (Å²) in [5.74, 6) is -0.114. The van der Waals surface area contributed by atoms with Crippen molar-refractivity contribution in [3.05, 3.63) is 131 Å².